The van der Waals surface area contributed by atoms with Crippen molar-refractivity contribution >= 4 is 17.2 Å². The van der Waals surface area contributed by atoms with Crippen molar-refractivity contribution in [3.63, 3.8) is 0 Å². The van der Waals surface area contributed by atoms with Gasteiger partial charge in [0.15, 0.2) is 5.82 Å². The van der Waals surface area contributed by atoms with E-state index in [9.17, 15) is 4.79 Å². The van der Waals surface area contributed by atoms with Gasteiger partial charge in [0.2, 0.25) is 5.91 Å². The van der Waals surface area contributed by atoms with Gasteiger partial charge in [0.1, 0.15) is 6.10 Å². The number of carbonyl (C=O) groups excluding carboxylic acids is 1. The molecule has 1 amide bonds. The SMILES string of the molecule is Cc1cc(C)n(-c2ccc(CNC(=O)CC3OCCc4ccsc43)cn2)n1. The Kier molecular flexibility index (Phi) is 5.05. The smallest absolute Gasteiger partial charge is 0.223 e. The number of pyridine rings is 1. The van der Waals surface area contributed by atoms with Gasteiger partial charge in [-0.05, 0) is 55.0 Å². The molecule has 1 aliphatic heterocycles. The summed E-state index contributed by atoms with van der Waals surface area (Å²) in [6, 6.07) is 8.03. The Hall–Kier alpha value is -2.51. The number of carbonyl (C=O) groups is 1. The molecular formula is C20H22N4O2S. The molecule has 1 unspecified atom stereocenters. The molecule has 27 heavy (non-hydrogen) atoms. The van der Waals surface area contributed by atoms with Crippen molar-refractivity contribution in [1.82, 2.24) is 20.1 Å². The Morgan fingerprint density at radius 3 is 3.00 bits per heavy atom. The third-order valence-electron chi connectivity index (χ3n) is 4.66. The number of ether oxygens (including phenoxy) is 1. The van der Waals surface area contributed by atoms with Crippen LogP contribution in [0, 0.1) is 13.8 Å². The number of hydrogen-bond donors (Lipinski definition) is 1. The summed E-state index contributed by atoms with van der Waals surface area (Å²) in [7, 11) is 0. The van der Waals surface area contributed by atoms with Gasteiger partial charge >= 0.3 is 0 Å². The van der Waals surface area contributed by atoms with E-state index in [1.165, 1.54) is 10.4 Å². The molecule has 0 spiro atoms. The van der Waals surface area contributed by atoms with E-state index >= 15 is 0 Å². The first kappa shape index (κ1) is 17.9. The quantitative estimate of drug-likeness (QED) is 0.735. The summed E-state index contributed by atoms with van der Waals surface area (Å²) in [5, 5.41) is 9.47. The largest absolute Gasteiger partial charge is 0.372 e. The van der Waals surface area contributed by atoms with Crippen LogP contribution in [0.15, 0.2) is 35.8 Å². The zero-order valence-corrected chi connectivity index (χ0v) is 16.3. The first-order chi connectivity index (χ1) is 13.1. The fourth-order valence-corrected chi connectivity index (χ4v) is 4.33. The molecule has 3 aromatic heterocycles. The van der Waals surface area contributed by atoms with Crippen molar-refractivity contribution < 1.29 is 9.53 Å². The van der Waals surface area contributed by atoms with Gasteiger partial charge in [-0.2, -0.15) is 5.10 Å². The molecular weight excluding hydrogens is 360 g/mol. The van der Waals surface area contributed by atoms with E-state index in [2.05, 4.69) is 26.8 Å². The molecule has 140 valence electrons. The molecule has 3 aromatic rings. The van der Waals surface area contributed by atoms with E-state index in [0.717, 1.165) is 29.2 Å². The molecule has 0 aliphatic carbocycles. The monoisotopic (exact) mass is 382 g/mol. The molecule has 0 aromatic carbocycles. The number of nitrogens with one attached hydrogen (secondary N) is 1. The normalized spacial score (nSPS) is 16.1. The number of amides is 1. The van der Waals surface area contributed by atoms with Gasteiger partial charge in [0.05, 0.1) is 18.7 Å². The lowest BCUT2D eigenvalue weighted by atomic mass is 10.1. The van der Waals surface area contributed by atoms with Crippen LogP contribution in [0.3, 0.4) is 0 Å². The summed E-state index contributed by atoms with van der Waals surface area (Å²) in [5.41, 5.74) is 4.27. The first-order valence-electron chi connectivity index (χ1n) is 9.03. The van der Waals surface area contributed by atoms with Crippen LogP contribution in [-0.2, 0) is 22.5 Å². The maximum absolute atomic E-state index is 12.3. The number of nitrogens with zero attached hydrogens (tertiary/aromatic N) is 3. The van der Waals surface area contributed by atoms with Gasteiger partial charge in [-0.25, -0.2) is 9.67 Å². The lowest BCUT2D eigenvalue weighted by Gasteiger charge is -2.22. The van der Waals surface area contributed by atoms with Gasteiger partial charge in [0, 0.05) is 23.3 Å². The van der Waals surface area contributed by atoms with E-state index in [4.69, 9.17) is 4.74 Å². The Bertz CT molecular complexity index is 945. The van der Waals surface area contributed by atoms with Gasteiger partial charge in [0.25, 0.3) is 0 Å². The van der Waals surface area contributed by atoms with Crippen LogP contribution in [-0.4, -0.2) is 27.3 Å². The van der Waals surface area contributed by atoms with Crippen LogP contribution in [0.2, 0.25) is 0 Å². The van der Waals surface area contributed by atoms with Gasteiger partial charge in [-0.3, -0.25) is 4.79 Å². The van der Waals surface area contributed by atoms with Crippen LogP contribution in [0.1, 0.15) is 39.9 Å². The highest BCUT2D eigenvalue weighted by atomic mass is 32.1. The molecule has 0 bridgehead atoms. The molecule has 0 saturated carbocycles. The van der Waals surface area contributed by atoms with Crippen molar-refractivity contribution in [3.05, 3.63) is 63.2 Å². The first-order valence-corrected chi connectivity index (χ1v) is 9.91. The Morgan fingerprint density at radius 1 is 1.37 bits per heavy atom. The topological polar surface area (TPSA) is 69.0 Å². The van der Waals surface area contributed by atoms with E-state index in [1.54, 1.807) is 17.5 Å². The summed E-state index contributed by atoms with van der Waals surface area (Å²) in [5.74, 6) is 0.764. The molecule has 1 aliphatic rings. The van der Waals surface area contributed by atoms with Crippen LogP contribution >= 0.6 is 11.3 Å². The Morgan fingerprint density at radius 2 is 2.26 bits per heavy atom. The number of fused-ring (bicyclic) bond motifs is 1. The molecule has 6 nitrogen and oxygen atoms in total. The fraction of sp³-hybridized carbons (Fsp3) is 0.350. The average molecular weight is 382 g/mol. The minimum atomic E-state index is -0.125. The highest BCUT2D eigenvalue weighted by molar-refractivity contribution is 7.10. The summed E-state index contributed by atoms with van der Waals surface area (Å²) in [6.45, 7) is 5.09. The van der Waals surface area contributed by atoms with Crippen LogP contribution < -0.4 is 5.32 Å². The van der Waals surface area contributed by atoms with Crippen molar-refractivity contribution in [2.45, 2.75) is 39.3 Å². The second kappa shape index (κ2) is 7.62. The van der Waals surface area contributed by atoms with Crippen LogP contribution in [0.5, 0.6) is 0 Å². The van der Waals surface area contributed by atoms with Crippen LogP contribution in [0.25, 0.3) is 5.82 Å². The summed E-state index contributed by atoms with van der Waals surface area (Å²) in [6.07, 6.45) is 2.94. The van der Waals surface area contributed by atoms with E-state index < -0.39 is 0 Å². The second-order valence-corrected chi connectivity index (χ2v) is 7.71. The number of aryl methyl sites for hydroxylation is 2. The summed E-state index contributed by atoms with van der Waals surface area (Å²) in [4.78, 5) is 18.0. The maximum atomic E-state index is 12.3. The predicted octanol–water partition coefficient (Wildman–Crippen LogP) is 3.27. The van der Waals surface area contributed by atoms with Crippen molar-refractivity contribution in [2.24, 2.45) is 0 Å². The van der Waals surface area contributed by atoms with Gasteiger partial charge in [-0.15, -0.1) is 11.3 Å². The minimum Gasteiger partial charge on any atom is -0.372 e. The second-order valence-electron chi connectivity index (χ2n) is 6.76. The third-order valence-corrected chi connectivity index (χ3v) is 5.71. The lowest BCUT2D eigenvalue weighted by Crippen LogP contribution is -2.27. The molecule has 1 atom stereocenters. The van der Waals surface area contributed by atoms with E-state index in [1.807, 2.05) is 36.7 Å². The van der Waals surface area contributed by atoms with Gasteiger partial charge < -0.3 is 10.1 Å². The minimum absolute atomic E-state index is 0.0103. The summed E-state index contributed by atoms with van der Waals surface area (Å²) < 4.78 is 7.61. The third kappa shape index (κ3) is 3.94. The predicted molar refractivity (Wildman–Crippen MR) is 104 cm³/mol. The molecule has 0 radical (unpaired) electrons. The standard InChI is InChI=1S/C20H22N4O2S/c1-13-9-14(2)24(23-13)18-4-3-15(11-21-18)12-22-19(25)10-17-20-16(5-7-26-17)6-8-27-20/h3-4,6,8-9,11,17H,5,7,10,12H2,1-2H3,(H,22,25). The molecule has 4 heterocycles. The Balaban J connectivity index is 1.34. The number of rotatable bonds is 5. The fourth-order valence-electron chi connectivity index (χ4n) is 3.32. The molecule has 0 saturated heterocycles. The Labute approximate surface area is 162 Å². The maximum Gasteiger partial charge on any atom is 0.223 e. The average Bonchev–Trinajstić information content (AvgIpc) is 3.27. The number of aromatic nitrogens is 3. The number of hydrogen-bond acceptors (Lipinski definition) is 5. The molecule has 1 N–H and O–H groups in total. The lowest BCUT2D eigenvalue weighted by molar-refractivity contribution is -0.124. The van der Waals surface area contributed by atoms with Crippen molar-refractivity contribution in [2.75, 3.05) is 6.61 Å². The van der Waals surface area contributed by atoms with Gasteiger partial charge in [-0.1, -0.05) is 6.07 Å². The van der Waals surface area contributed by atoms with E-state index in [0.29, 0.717) is 19.6 Å². The highest BCUT2D eigenvalue weighted by Gasteiger charge is 2.24. The van der Waals surface area contributed by atoms with Crippen LogP contribution in [0.4, 0.5) is 0 Å². The summed E-state index contributed by atoms with van der Waals surface area (Å²) >= 11 is 1.67. The van der Waals surface area contributed by atoms with E-state index in [-0.39, 0.29) is 12.0 Å². The number of thiophene rings is 1. The zero-order chi connectivity index (χ0) is 18.8. The molecule has 0 fully saturated rings. The highest BCUT2D eigenvalue weighted by Crippen LogP contribution is 2.33. The molecule has 7 heteroatoms. The van der Waals surface area contributed by atoms with Crippen molar-refractivity contribution in [1.29, 1.82) is 0 Å². The zero-order valence-electron chi connectivity index (χ0n) is 15.4. The molecule has 4 rings (SSSR count). The van der Waals surface area contributed by atoms with Crippen molar-refractivity contribution in [3.8, 4) is 5.82 Å².